The number of amides is 1. The minimum absolute atomic E-state index is 0.166. The first-order chi connectivity index (χ1) is 17.2. The van der Waals surface area contributed by atoms with Gasteiger partial charge in [0.25, 0.3) is 5.89 Å². The average Bonchev–Trinajstić information content (AvgIpc) is 3.34. The molecule has 0 aliphatic carbocycles. The van der Waals surface area contributed by atoms with Crippen molar-refractivity contribution in [2.24, 2.45) is 5.73 Å². The summed E-state index contributed by atoms with van der Waals surface area (Å²) in [6.45, 7) is 7.62. The van der Waals surface area contributed by atoms with Gasteiger partial charge in [0.1, 0.15) is 11.4 Å². The monoisotopic (exact) mass is 487 g/mol. The molecule has 1 amide bonds. The lowest BCUT2D eigenvalue weighted by molar-refractivity contribution is 0.0999. The Bertz CT molecular complexity index is 1360. The van der Waals surface area contributed by atoms with Crippen LogP contribution in [0, 0.1) is 6.92 Å². The van der Waals surface area contributed by atoms with Gasteiger partial charge in [-0.05, 0) is 36.2 Å². The van der Waals surface area contributed by atoms with E-state index in [4.69, 9.17) is 10.3 Å². The number of aliphatic hydroxyl groups is 1. The average molecular weight is 488 g/mol. The summed E-state index contributed by atoms with van der Waals surface area (Å²) in [5.74, 6) is 1.03. The van der Waals surface area contributed by atoms with Crippen molar-refractivity contribution in [3.63, 3.8) is 0 Å². The summed E-state index contributed by atoms with van der Waals surface area (Å²) in [6, 6.07) is 14.3. The molecule has 0 saturated carbocycles. The smallest absolute Gasteiger partial charge is 0.263 e. The summed E-state index contributed by atoms with van der Waals surface area (Å²) in [5, 5.41) is 20.7. The zero-order chi connectivity index (χ0) is 25.9. The summed E-state index contributed by atoms with van der Waals surface area (Å²) >= 11 is 0. The number of nitrogens with zero attached hydrogens (tertiary/aromatic N) is 4. The van der Waals surface area contributed by atoms with Gasteiger partial charge in [-0.3, -0.25) is 4.79 Å². The second-order valence-corrected chi connectivity index (χ2v) is 9.44. The van der Waals surface area contributed by atoms with Crippen molar-refractivity contribution in [3.8, 4) is 11.5 Å². The number of hydrogen-bond acceptors (Lipinski definition) is 9. The highest BCUT2D eigenvalue weighted by Crippen LogP contribution is 2.31. The largest absolute Gasteiger partial charge is 0.394 e. The summed E-state index contributed by atoms with van der Waals surface area (Å²) in [4.78, 5) is 25.2. The van der Waals surface area contributed by atoms with Gasteiger partial charge >= 0.3 is 0 Å². The van der Waals surface area contributed by atoms with Crippen molar-refractivity contribution >= 4 is 23.4 Å². The molecule has 0 aliphatic heterocycles. The van der Waals surface area contributed by atoms with E-state index in [9.17, 15) is 9.90 Å². The molecule has 10 nitrogen and oxygen atoms in total. The number of nitrogens with one attached hydrogen (secondary N) is 2. The molecule has 0 fully saturated rings. The van der Waals surface area contributed by atoms with Crippen LogP contribution in [0.25, 0.3) is 11.5 Å². The van der Waals surface area contributed by atoms with Crippen LogP contribution in [0.5, 0.6) is 0 Å². The number of primary amides is 1. The Morgan fingerprint density at radius 3 is 2.50 bits per heavy atom. The van der Waals surface area contributed by atoms with E-state index in [0.29, 0.717) is 34.4 Å². The van der Waals surface area contributed by atoms with E-state index in [1.807, 2.05) is 51.1 Å². The number of rotatable bonds is 8. The quantitative estimate of drug-likeness (QED) is 0.287. The van der Waals surface area contributed by atoms with Crippen LogP contribution in [0.3, 0.4) is 0 Å². The fourth-order valence-corrected chi connectivity index (χ4v) is 3.58. The lowest BCUT2D eigenvalue weighted by atomic mass is 9.96. The number of aromatic nitrogens is 4. The Labute approximate surface area is 209 Å². The Morgan fingerprint density at radius 2 is 1.89 bits per heavy atom. The minimum Gasteiger partial charge on any atom is -0.394 e. The molecule has 4 aromatic rings. The van der Waals surface area contributed by atoms with Crippen molar-refractivity contribution < 1.29 is 14.4 Å². The van der Waals surface area contributed by atoms with Gasteiger partial charge in [-0.1, -0.05) is 56.3 Å². The van der Waals surface area contributed by atoms with E-state index in [0.717, 1.165) is 11.1 Å². The second-order valence-electron chi connectivity index (χ2n) is 9.44. The van der Waals surface area contributed by atoms with Gasteiger partial charge in [0.15, 0.2) is 5.82 Å². The number of carbonyl (C=O) groups is 1. The molecule has 0 aliphatic rings. The molecule has 0 bridgehead atoms. The number of aliphatic hydroxyl groups excluding tert-OH is 1. The zero-order valence-corrected chi connectivity index (χ0v) is 20.6. The lowest BCUT2D eigenvalue weighted by Crippen LogP contribution is -2.17. The molecule has 4 rings (SSSR count). The Kier molecular flexibility index (Phi) is 6.98. The zero-order valence-electron chi connectivity index (χ0n) is 20.6. The van der Waals surface area contributed by atoms with E-state index in [1.54, 1.807) is 31.3 Å². The standard InChI is InChI=1S/C26H29N7O3/c1-15-12-17(10-11-18(15)21(27)35)29-25-28-13-19(23-32-24(33-36-23)26(2,3)4)22(31-25)30-20(14-34)16-8-6-5-7-9-16/h5-13,20,34H,14H2,1-4H3,(H2,27,35)(H2,28,29,30,31)/t20-/m1/s1. The van der Waals surface area contributed by atoms with Crippen LogP contribution >= 0.6 is 0 Å². The molecule has 2 aromatic heterocycles. The number of nitrogens with two attached hydrogens (primary N) is 1. The normalized spacial score (nSPS) is 12.2. The molecule has 10 heteroatoms. The molecule has 0 radical (unpaired) electrons. The van der Waals surface area contributed by atoms with Gasteiger partial charge in [0.2, 0.25) is 11.9 Å². The van der Waals surface area contributed by atoms with Gasteiger partial charge in [0.05, 0.1) is 12.6 Å². The molecular weight excluding hydrogens is 458 g/mol. The molecule has 2 heterocycles. The van der Waals surface area contributed by atoms with Gasteiger partial charge in [-0.25, -0.2) is 4.98 Å². The van der Waals surface area contributed by atoms with Crippen LogP contribution in [-0.2, 0) is 5.41 Å². The van der Waals surface area contributed by atoms with Crippen LogP contribution in [0.15, 0.2) is 59.3 Å². The molecule has 1 atom stereocenters. The topological polar surface area (TPSA) is 152 Å². The minimum atomic E-state index is -0.490. The predicted molar refractivity (Wildman–Crippen MR) is 137 cm³/mol. The van der Waals surface area contributed by atoms with Crippen molar-refractivity contribution in [1.82, 2.24) is 20.1 Å². The van der Waals surface area contributed by atoms with Gasteiger partial charge < -0.3 is 26.0 Å². The van der Waals surface area contributed by atoms with Crippen LogP contribution < -0.4 is 16.4 Å². The fourth-order valence-electron chi connectivity index (χ4n) is 3.58. The van der Waals surface area contributed by atoms with Crippen molar-refractivity contribution in [2.45, 2.75) is 39.2 Å². The van der Waals surface area contributed by atoms with Crippen LogP contribution in [0.2, 0.25) is 0 Å². The third-order valence-corrected chi connectivity index (χ3v) is 5.56. The lowest BCUT2D eigenvalue weighted by Gasteiger charge is -2.19. The Morgan fingerprint density at radius 1 is 1.14 bits per heavy atom. The first-order valence-corrected chi connectivity index (χ1v) is 11.5. The van der Waals surface area contributed by atoms with Crippen LogP contribution in [-0.4, -0.2) is 37.7 Å². The van der Waals surface area contributed by atoms with E-state index in [1.165, 1.54) is 0 Å². The third-order valence-electron chi connectivity index (χ3n) is 5.56. The Balaban J connectivity index is 1.72. The fraction of sp³-hybridized carbons (Fsp3) is 0.269. The maximum Gasteiger partial charge on any atom is 0.263 e. The molecule has 0 spiro atoms. The SMILES string of the molecule is Cc1cc(Nc2ncc(-c3nc(C(C)(C)C)no3)c(N[C@H](CO)c3ccccc3)n2)ccc1C(N)=O. The number of anilines is 3. The molecular formula is C26H29N7O3. The van der Waals surface area contributed by atoms with E-state index < -0.39 is 11.9 Å². The molecule has 0 saturated heterocycles. The van der Waals surface area contributed by atoms with Crippen molar-refractivity contribution in [3.05, 3.63) is 77.2 Å². The summed E-state index contributed by atoms with van der Waals surface area (Å²) in [7, 11) is 0. The first kappa shape index (κ1) is 24.8. The highest BCUT2D eigenvalue weighted by Gasteiger charge is 2.24. The molecule has 186 valence electrons. The maximum absolute atomic E-state index is 11.5. The second kappa shape index (κ2) is 10.1. The summed E-state index contributed by atoms with van der Waals surface area (Å²) < 4.78 is 5.54. The van der Waals surface area contributed by atoms with Gasteiger partial charge in [0, 0.05) is 22.9 Å². The number of aryl methyl sites for hydroxylation is 1. The van der Waals surface area contributed by atoms with E-state index in [-0.39, 0.29) is 17.9 Å². The molecule has 5 N–H and O–H groups in total. The molecule has 0 unspecified atom stereocenters. The predicted octanol–water partition coefficient (Wildman–Crippen LogP) is 4.12. The van der Waals surface area contributed by atoms with Gasteiger partial charge in [-0.15, -0.1) is 0 Å². The number of benzene rings is 2. The van der Waals surface area contributed by atoms with Crippen LogP contribution in [0.1, 0.15) is 54.1 Å². The van der Waals surface area contributed by atoms with Crippen LogP contribution in [0.4, 0.5) is 17.5 Å². The first-order valence-electron chi connectivity index (χ1n) is 11.5. The van der Waals surface area contributed by atoms with Gasteiger partial charge in [-0.2, -0.15) is 9.97 Å². The Hall–Kier alpha value is -4.31. The summed E-state index contributed by atoms with van der Waals surface area (Å²) in [6.07, 6.45) is 1.59. The number of hydrogen-bond donors (Lipinski definition) is 4. The highest BCUT2D eigenvalue weighted by atomic mass is 16.5. The maximum atomic E-state index is 11.5. The number of carbonyl (C=O) groups excluding carboxylic acids is 1. The van der Waals surface area contributed by atoms with E-state index in [2.05, 4.69) is 30.7 Å². The molecule has 2 aromatic carbocycles. The summed E-state index contributed by atoms with van der Waals surface area (Å²) in [5.41, 5.74) is 8.35. The van der Waals surface area contributed by atoms with Crippen molar-refractivity contribution in [1.29, 1.82) is 0 Å². The van der Waals surface area contributed by atoms with Crippen molar-refractivity contribution in [2.75, 3.05) is 17.2 Å². The third kappa shape index (κ3) is 5.49. The highest BCUT2D eigenvalue weighted by molar-refractivity contribution is 5.94. The molecule has 36 heavy (non-hydrogen) atoms. The van der Waals surface area contributed by atoms with E-state index >= 15 is 0 Å².